The lowest BCUT2D eigenvalue weighted by Gasteiger charge is -2.31. The van der Waals surface area contributed by atoms with E-state index < -0.39 is 7.32 Å². The molecule has 0 aliphatic carbocycles. The minimum atomic E-state index is -0.594. The van der Waals surface area contributed by atoms with Crippen molar-refractivity contribution in [3.63, 3.8) is 0 Å². The SMILES string of the molecule is Cc1cccc(C)c1COB1OC(C)(C)C(C)(C)O1. The van der Waals surface area contributed by atoms with Crippen LogP contribution in [0.5, 0.6) is 0 Å². The molecule has 0 N–H and O–H groups in total. The van der Waals surface area contributed by atoms with Crippen molar-refractivity contribution < 1.29 is 14.0 Å². The molecule has 0 aromatic heterocycles. The van der Waals surface area contributed by atoms with Crippen molar-refractivity contribution in [2.45, 2.75) is 59.4 Å². The standard InChI is InChI=1S/C15H23BO3/c1-11-8-7-9-12(2)13(11)10-17-16-18-14(3,4)15(5,6)19-16/h7-9H,10H2,1-6H3. The van der Waals surface area contributed by atoms with Gasteiger partial charge in [-0.3, -0.25) is 0 Å². The van der Waals surface area contributed by atoms with Crippen LogP contribution in [-0.4, -0.2) is 18.5 Å². The van der Waals surface area contributed by atoms with Crippen molar-refractivity contribution in [3.05, 3.63) is 34.9 Å². The van der Waals surface area contributed by atoms with E-state index in [1.807, 2.05) is 27.7 Å². The summed E-state index contributed by atoms with van der Waals surface area (Å²) in [5.41, 5.74) is 2.97. The molecule has 1 aliphatic rings. The lowest BCUT2D eigenvalue weighted by Crippen LogP contribution is -2.41. The molecule has 0 spiro atoms. The topological polar surface area (TPSA) is 27.7 Å². The van der Waals surface area contributed by atoms with Crippen molar-refractivity contribution >= 4 is 7.32 Å². The van der Waals surface area contributed by atoms with Crippen LogP contribution in [0.3, 0.4) is 0 Å². The molecule has 104 valence electrons. The molecule has 1 aromatic carbocycles. The van der Waals surface area contributed by atoms with Crippen molar-refractivity contribution in [3.8, 4) is 0 Å². The summed E-state index contributed by atoms with van der Waals surface area (Å²) in [6, 6.07) is 6.24. The molecule has 0 unspecified atom stereocenters. The summed E-state index contributed by atoms with van der Waals surface area (Å²) in [4.78, 5) is 0. The summed E-state index contributed by atoms with van der Waals surface area (Å²) < 4.78 is 17.4. The zero-order valence-corrected chi connectivity index (χ0v) is 12.7. The fourth-order valence-electron chi connectivity index (χ4n) is 2.09. The van der Waals surface area contributed by atoms with E-state index in [1.54, 1.807) is 0 Å². The van der Waals surface area contributed by atoms with Gasteiger partial charge in [-0.1, -0.05) is 18.2 Å². The Morgan fingerprint density at radius 1 is 1.00 bits per heavy atom. The maximum atomic E-state index is 5.82. The Kier molecular flexibility index (Phi) is 3.78. The van der Waals surface area contributed by atoms with Crippen LogP contribution in [0, 0.1) is 13.8 Å². The van der Waals surface area contributed by atoms with Gasteiger partial charge in [0.25, 0.3) is 0 Å². The minimum Gasteiger partial charge on any atom is -0.382 e. The third-order valence-corrected chi connectivity index (χ3v) is 4.24. The van der Waals surface area contributed by atoms with E-state index in [-0.39, 0.29) is 11.2 Å². The first-order valence-corrected chi connectivity index (χ1v) is 6.75. The summed E-state index contributed by atoms with van der Waals surface area (Å²) in [7, 11) is -0.594. The summed E-state index contributed by atoms with van der Waals surface area (Å²) >= 11 is 0. The van der Waals surface area contributed by atoms with Gasteiger partial charge in [-0.2, -0.15) is 0 Å². The van der Waals surface area contributed by atoms with Crippen molar-refractivity contribution in [2.75, 3.05) is 0 Å². The van der Waals surface area contributed by atoms with E-state index >= 15 is 0 Å². The molecule has 1 aromatic rings. The number of rotatable bonds is 3. The molecule has 19 heavy (non-hydrogen) atoms. The van der Waals surface area contributed by atoms with E-state index in [0.29, 0.717) is 6.61 Å². The molecule has 2 rings (SSSR count). The van der Waals surface area contributed by atoms with Crippen LogP contribution in [0.2, 0.25) is 0 Å². The number of hydrogen-bond acceptors (Lipinski definition) is 3. The Hall–Kier alpha value is -0.835. The van der Waals surface area contributed by atoms with E-state index in [0.717, 1.165) is 0 Å². The molecule has 0 amide bonds. The molecule has 4 heteroatoms. The summed E-state index contributed by atoms with van der Waals surface area (Å²) in [5.74, 6) is 0. The van der Waals surface area contributed by atoms with Gasteiger partial charge in [-0.15, -0.1) is 0 Å². The highest BCUT2D eigenvalue weighted by Crippen LogP contribution is 2.37. The highest BCUT2D eigenvalue weighted by Gasteiger charge is 2.52. The van der Waals surface area contributed by atoms with Crippen molar-refractivity contribution in [1.29, 1.82) is 0 Å². The van der Waals surface area contributed by atoms with Crippen LogP contribution >= 0.6 is 0 Å². The molecular formula is C15H23BO3. The average molecular weight is 262 g/mol. The van der Waals surface area contributed by atoms with E-state index in [4.69, 9.17) is 14.0 Å². The second-order valence-electron chi connectivity index (χ2n) is 6.23. The maximum Gasteiger partial charge on any atom is 0.640 e. The van der Waals surface area contributed by atoms with Gasteiger partial charge < -0.3 is 14.0 Å². The molecule has 1 heterocycles. The first-order chi connectivity index (χ1) is 8.73. The zero-order chi connectivity index (χ0) is 14.3. The Bertz CT molecular complexity index is 432. The molecule has 0 saturated carbocycles. The second kappa shape index (κ2) is 4.93. The highest BCUT2D eigenvalue weighted by atomic mass is 16.8. The van der Waals surface area contributed by atoms with Gasteiger partial charge in [0.2, 0.25) is 0 Å². The lowest BCUT2D eigenvalue weighted by molar-refractivity contribution is 0.00578. The van der Waals surface area contributed by atoms with Gasteiger partial charge >= 0.3 is 7.32 Å². The summed E-state index contributed by atoms with van der Waals surface area (Å²) in [6.07, 6.45) is 0. The molecule has 1 aliphatic heterocycles. The normalized spacial score (nSPS) is 20.8. The fraction of sp³-hybridized carbons (Fsp3) is 0.600. The molecule has 0 bridgehead atoms. The second-order valence-corrected chi connectivity index (χ2v) is 6.23. The maximum absolute atomic E-state index is 5.82. The van der Waals surface area contributed by atoms with Crippen LogP contribution in [-0.2, 0) is 20.6 Å². The molecule has 0 atom stereocenters. The van der Waals surface area contributed by atoms with Gasteiger partial charge in [0, 0.05) is 0 Å². The number of hydrogen-bond donors (Lipinski definition) is 0. The van der Waals surface area contributed by atoms with Gasteiger partial charge in [-0.05, 0) is 58.2 Å². The predicted molar refractivity (Wildman–Crippen MR) is 76.8 cm³/mol. The Labute approximate surface area is 116 Å². The molecular weight excluding hydrogens is 239 g/mol. The Morgan fingerprint density at radius 2 is 1.47 bits per heavy atom. The average Bonchev–Trinajstić information content (AvgIpc) is 2.46. The third-order valence-electron chi connectivity index (χ3n) is 4.24. The fourth-order valence-corrected chi connectivity index (χ4v) is 2.09. The largest absolute Gasteiger partial charge is 0.640 e. The lowest BCUT2D eigenvalue weighted by atomic mass is 9.90. The van der Waals surface area contributed by atoms with Crippen LogP contribution in [0.15, 0.2) is 18.2 Å². The third kappa shape index (κ3) is 2.86. The Balaban J connectivity index is 2.02. The van der Waals surface area contributed by atoms with Gasteiger partial charge in [0.05, 0.1) is 17.8 Å². The predicted octanol–water partition coefficient (Wildman–Crippen LogP) is 3.41. The molecule has 1 saturated heterocycles. The smallest absolute Gasteiger partial charge is 0.382 e. The zero-order valence-electron chi connectivity index (χ0n) is 12.7. The van der Waals surface area contributed by atoms with E-state index in [2.05, 4.69) is 32.0 Å². The van der Waals surface area contributed by atoms with Crippen molar-refractivity contribution in [1.82, 2.24) is 0 Å². The number of benzene rings is 1. The van der Waals surface area contributed by atoms with Crippen LogP contribution < -0.4 is 0 Å². The quantitative estimate of drug-likeness (QED) is 0.781. The van der Waals surface area contributed by atoms with Crippen molar-refractivity contribution in [2.24, 2.45) is 0 Å². The minimum absolute atomic E-state index is 0.349. The van der Waals surface area contributed by atoms with Crippen LogP contribution in [0.25, 0.3) is 0 Å². The van der Waals surface area contributed by atoms with Gasteiger partial charge in [-0.25, -0.2) is 0 Å². The summed E-state index contributed by atoms with van der Waals surface area (Å²) in [6.45, 7) is 12.8. The van der Waals surface area contributed by atoms with Crippen LogP contribution in [0.4, 0.5) is 0 Å². The van der Waals surface area contributed by atoms with Crippen LogP contribution in [0.1, 0.15) is 44.4 Å². The summed E-state index contributed by atoms with van der Waals surface area (Å²) in [5, 5.41) is 0. The molecule has 3 nitrogen and oxygen atoms in total. The molecule has 1 fully saturated rings. The number of aryl methyl sites for hydroxylation is 2. The van der Waals surface area contributed by atoms with E-state index in [1.165, 1.54) is 16.7 Å². The Morgan fingerprint density at radius 3 is 1.95 bits per heavy atom. The van der Waals surface area contributed by atoms with Gasteiger partial charge in [0.1, 0.15) is 0 Å². The monoisotopic (exact) mass is 262 g/mol. The molecule has 0 radical (unpaired) electrons. The highest BCUT2D eigenvalue weighted by molar-refractivity contribution is 6.37. The van der Waals surface area contributed by atoms with E-state index in [9.17, 15) is 0 Å². The van der Waals surface area contributed by atoms with Gasteiger partial charge in [0.15, 0.2) is 0 Å². The first-order valence-electron chi connectivity index (χ1n) is 6.75. The first kappa shape index (κ1) is 14.6.